The highest BCUT2D eigenvalue weighted by molar-refractivity contribution is 7.92. The first kappa shape index (κ1) is 28.8. The van der Waals surface area contributed by atoms with Gasteiger partial charge in [-0.1, -0.05) is 30.8 Å². The maximum Gasteiger partial charge on any atom is 0.416 e. The number of hydrogen-bond donors (Lipinski definition) is 3. The van der Waals surface area contributed by atoms with Gasteiger partial charge in [-0.25, -0.2) is 21.6 Å². The Bertz CT molecular complexity index is 1330. The van der Waals surface area contributed by atoms with E-state index in [-0.39, 0.29) is 37.5 Å². The molecule has 1 aliphatic rings. The van der Waals surface area contributed by atoms with Gasteiger partial charge in [0.2, 0.25) is 26.0 Å². The average Bonchev–Trinajstić information content (AvgIpc) is 3.23. The van der Waals surface area contributed by atoms with E-state index in [0.717, 1.165) is 21.8 Å². The molecule has 1 fully saturated rings. The summed E-state index contributed by atoms with van der Waals surface area (Å²) in [6, 6.07) is 10.00. The molecule has 1 aliphatic heterocycles. The van der Waals surface area contributed by atoms with Gasteiger partial charge in [0, 0.05) is 37.5 Å². The minimum atomic E-state index is -4.44. The molecule has 3 N–H and O–H groups in total. The van der Waals surface area contributed by atoms with Crippen LogP contribution in [-0.4, -0.2) is 57.9 Å². The van der Waals surface area contributed by atoms with Gasteiger partial charge in [-0.3, -0.25) is 4.79 Å². The topological polar surface area (TPSA) is 133 Å². The first-order valence-electron chi connectivity index (χ1n) is 11.0. The molecule has 1 heterocycles. The number of aliphatic hydroxyl groups is 1. The fraction of sp³-hybridized carbons (Fsp3) is 0.348. The van der Waals surface area contributed by atoms with Gasteiger partial charge >= 0.3 is 6.18 Å². The molecular formula is C23H26F3N3O6S2. The molecule has 14 heteroatoms. The maximum atomic E-state index is 13.0. The van der Waals surface area contributed by atoms with Gasteiger partial charge in [-0.15, -0.1) is 0 Å². The second-order valence-corrected chi connectivity index (χ2v) is 12.2. The number of carbonyl (C=O) groups is 1. The monoisotopic (exact) mass is 561 g/mol. The van der Waals surface area contributed by atoms with E-state index in [0.29, 0.717) is 11.1 Å². The molecule has 0 radical (unpaired) electrons. The quantitative estimate of drug-likeness (QED) is 0.404. The van der Waals surface area contributed by atoms with Crippen LogP contribution in [0.1, 0.15) is 16.7 Å². The summed E-state index contributed by atoms with van der Waals surface area (Å²) in [6.07, 6.45) is -5.58. The minimum Gasteiger partial charge on any atom is -0.391 e. The Kier molecular flexibility index (Phi) is 8.80. The van der Waals surface area contributed by atoms with Gasteiger partial charge in [0.15, 0.2) is 0 Å². The molecule has 0 spiro atoms. The van der Waals surface area contributed by atoms with Gasteiger partial charge in [0.1, 0.15) is 0 Å². The van der Waals surface area contributed by atoms with Gasteiger partial charge in [0.25, 0.3) is 0 Å². The molecule has 0 bridgehead atoms. The predicted molar refractivity (Wildman–Crippen MR) is 129 cm³/mol. The highest BCUT2D eigenvalue weighted by Crippen LogP contribution is 2.29. The predicted octanol–water partition coefficient (Wildman–Crippen LogP) is 1.61. The van der Waals surface area contributed by atoms with E-state index in [2.05, 4.69) is 16.6 Å². The van der Waals surface area contributed by atoms with Crippen LogP contribution in [0.4, 0.5) is 13.2 Å². The average molecular weight is 562 g/mol. The number of amides is 1. The molecule has 2 atom stereocenters. The van der Waals surface area contributed by atoms with Crippen LogP contribution in [-0.2, 0) is 44.0 Å². The normalized spacial score (nSPS) is 19.0. The van der Waals surface area contributed by atoms with Crippen LogP contribution in [0.25, 0.3) is 0 Å². The number of rotatable bonds is 10. The van der Waals surface area contributed by atoms with Crippen molar-refractivity contribution in [1.82, 2.24) is 14.3 Å². The van der Waals surface area contributed by atoms with E-state index in [1.807, 2.05) is 0 Å². The zero-order valence-electron chi connectivity index (χ0n) is 19.5. The maximum absolute atomic E-state index is 13.0. The summed E-state index contributed by atoms with van der Waals surface area (Å²) in [5, 5.41) is 13.5. The first-order valence-corrected chi connectivity index (χ1v) is 14.0. The van der Waals surface area contributed by atoms with Crippen molar-refractivity contribution in [2.45, 2.75) is 30.1 Å². The number of nitrogens with zero attached hydrogens (tertiary/aromatic N) is 1. The molecule has 0 aliphatic carbocycles. The number of alkyl halides is 3. The fourth-order valence-electron chi connectivity index (χ4n) is 3.68. The molecule has 1 amide bonds. The lowest BCUT2D eigenvalue weighted by atomic mass is 10.1. The lowest BCUT2D eigenvalue weighted by Crippen LogP contribution is -2.33. The highest BCUT2D eigenvalue weighted by Gasteiger charge is 2.38. The van der Waals surface area contributed by atoms with Gasteiger partial charge < -0.3 is 10.4 Å². The summed E-state index contributed by atoms with van der Waals surface area (Å²) in [7, 11) is -7.69. The number of sulfonamides is 2. The van der Waals surface area contributed by atoms with E-state index < -0.39 is 49.7 Å². The van der Waals surface area contributed by atoms with Gasteiger partial charge in [0.05, 0.1) is 23.0 Å². The number of carbonyl (C=O) groups excluding carboxylic acids is 1. The SMILES string of the molecule is C=CS(=O)(=O)NCC1CN(S(=O)(=O)c2ccc(CC(=O)NCc3ccc(C(F)(F)F)cc3)cc2)CC1O. The van der Waals surface area contributed by atoms with Crippen molar-refractivity contribution in [3.05, 3.63) is 77.2 Å². The molecule has 3 rings (SSSR count). The van der Waals surface area contributed by atoms with Crippen LogP contribution < -0.4 is 10.0 Å². The van der Waals surface area contributed by atoms with E-state index in [1.165, 1.54) is 36.4 Å². The summed E-state index contributed by atoms with van der Waals surface area (Å²) in [6.45, 7) is 2.77. The summed E-state index contributed by atoms with van der Waals surface area (Å²) in [5.41, 5.74) is 0.224. The van der Waals surface area contributed by atoms with Crippen molar-refractivity contribution in [2.75, 3.05) is 19.6 Å². The van der Waals surface area contributed by atoms with Crippen LogP contribution in [0.2, 0.25) is 0 Å². The molecule has 37 heavy (non-hydrogen) atoms. The molecule has 2 unspecified atom stereocenters. The van der Waals surface area contributed by atoms with Crippen LogP contribution in [0.5, 0.6) is 0 Å². The molecule has 2 aromatic rings. The summed E-state index contributed by atoms with van der Waals surface area (Å²) >= 11 is 0. The van der Waals surface area contributed by atoms with Gasteiger partial charge in [-0.05, 0) is 35.4 Å². The Hall–Kier alpha value is -2.78. The summed E-state index contributed by atoms with van der Waals surface area (Å²) in [4.78, 5) is 12.2. The fourth-order valence-corrected chi connectivity index (χ4v) is 5.76. The first-order chi connectivity index (χ1) is 17.2. The van der Waals surface area contributed by atoms with Crippen LogP contribution >= 0.6 is 0 Å². The molecule has 2 aromatic carbocycles. The molecule has 202 valence electrons. The molecule has 9 nitrogen and oxygen atoms in total. The Labute approximate surface area is 213 Å². The van der Waals surface area contributed by atoms with E-state index >= 15 is 0 Å². The van der Waals surface area contributed by atoms with Crippen molar-refractivity contribution in [3.8, 4) is 0 Å². The van der Waals surface area contributed by atoms with Crippen molar-refractivity contribution in [1.29, 1.82) is 0 Å². The minimum absolute atomic E-state index is 0.0326. The lowest BCUT2D eigenvalue weighted by molar-refractivity contribution is -0.137. The van der Waals surface area contributed by atoms with Crippen molar-refractivity contribution in [3.63, 3.8) is 0 Å². The lowest BCUT2D eigenvalue weighted by Gasteiger charge is -2.16. The second kappa shape index (κ2) is 11.3. The Morgan fingerprint density at radius 1 is 1.03 bits per heavy atom. The Morgan fingerprint density at radius 2 is 1.62 bits per heavy atom. The van der Waals surface area contributed by atoms with E-state index in [9.17, 15) is 39.9 Å². The second-order valence-electron chi connectivity index (χ2n) is 8.50. The van der Waals surface area contributed by atoms with Crippen molar-refractivity contribution >= 4 is 26.0 Å². The zero-order valence-corrected chi connectivity index (χ0v) is 21.1. The standard InChI is InChI=1S/C23H26F3N3O6S2/c1-2-36(32,33)28-13-18-14-29(15-21(18)30)37(34,35)20-9-5-16(6-10-20)11-22(31)27-12-17-3-7-19(8-4-17)23(24,25)26/h2-10,18,21,28,30H,1,11-15H2,(H,27,31). The number of β-amino-alcohol motifs (C(OH)–C–C–N with tert-alkyl or cyclic N) is 1. The Morgan fingerprint density at radius 3 is 2.19 bits per heavy atom. The number of aliphatic hydroxyl groups excluding tert-OH is 1. The van der Waals surface area contributed by atoms with Crippen molar-refractivity contribution in [2.24, 2.45) is 5.92 Å². The third kappa shape index (κ3) is 7.61. The molecule has 0 saturated carbocycles. The third-order valence-corrected chi connectivity index (χ3v) is 8.69. The van der Waals surface area contributed by atoms with E-state index in [4.69, 9.17) is 0 Å². The molecular weight excluding hydrogens is 535 g/mol. The summed E-state index contributed by atoms with van der Waals surface area (Å²) < 4.78 is 90.2. The Balaban J connectivity index is 1.55. The van der Waals surface area contributed by atoms with Crippen molar-refractivity contribution < 1.29 is 39.9 Å². The zero-order chi connectivity index (χ0) is 27.4. The third-order valence-electron chi connectivity index (χ3n) is 5.84. The van der Waals surface area contributed by atoms with Crippen LogP contribution in [0.15, 0.2) is 65.4 Å². The smallest absolute Gasteiger partial charge is 0.391 e. The number of hydrogen-bond acceptors (Lipinski definition) is 6. The van der Waals surface area contributed by atoms with E-state index in [1.54, 1.807) is 0 Å². The molecule has 1 saturated heterocycles. The largest absolute Gasteiger partial charge is 0.416 e. The van der Waals surface area contributed by atoms with Crippen LogP contribution in [0.3, 0.4) is 0 Å². The summed E-state index contributed by atoms with van der Waals surface area (Å²) in [5.74, 6) is -1.04. The number of halogens is 3. The highest BCUT2D eigenvalue weighted by atomic mass is 32.2. The molecule has 0 aromatic heterocycles. The number of benzene rings is 2. The van der Waals surface area contributed by atoms with Gasteiger partial charge in [-0.2, -0.15) is 17.5 Å². The van der Waals surface area contributed by atoms with Crippen LogP contribution in [0, 0.1) is 5.92 Å². The number of nitrogens with one attached hydrogen (secondary N) is 2.